The van der Waals surface area contributed by atoms with Crippen LogP contribution in [0.5, 0.6) is 0 Å². The van der Waals surface area contributed by atoms with Crippen LogP contribution in [-0.2, 0) is 0 Å². The van der Waals surface area contributed by atoms with Gasteiger partial charge in [0.25, 0.3) is 0 Å². The maximum Gasteiger partial charge on any atom is 0.209 e. The summed E-state index contributed by atoms with van der Waals surface area (Å²) in [7, 11) is 2.30. The molecule has 1 rings (SSSR count). The van der Waals surface area contributed by atoms with E-state index in [1.807, 2.05) is 0 Å². The molecule has 1 unspecified atom stereocenters. The van der Waals surface area contributed by atoms with Gasteiger partial charge in [-0.15, -0.1) is 12.8 Å². The van der Waals surface area contributed by atoms with Crippen LogP contribution >= 0.6 is 9.24 Å². The summed E-state index contributed by atoms with van der Waals surface area (Å²) < 4.78 is 0. The summed E-state index contributed by atoms with van der Waals surface area (Å²) in [6.07, 6.45) is 10.1. The lowest BCUT2D eigenvalue weighted by molar-refractivity contribution is 1.04. The van der Waals surface area contributed by atoms with E-state index in [1.165, 1.54) is 0 Å². The summed E-state index contributed by atoms with van der Waals surface area (Å²) in [5.74, 6) is 5.07. The second-order valence-electron chi connectivity index (χ2n) is 1.63. The molecule has 4 heteroatoms. The van der Waals surface area contributed by atoms with Crippen LogP contribution in [0.4, 0.5) is 0 Å². The molecule has 1 heterocycles. The highest BCUT2D eigenvalue weighted by atomic mass is 31.0. The van der Waals surface area contributed by atoms with Crippen LogP contribution in [0.3, 0.4) is 0 Å². The first-order valence-electron chi connectivity index (χ1n) is 2.71. The normalized spacial score (nSPS) is 8.27. The zero-order valence-electron chi connectivity index (χ0n) is 5.57. The number of hydrogen-bond donors (Lipinski definition) is 0. The lowest BCUT2D eigenvalue weighted by Crippen LogP contribution is -2.10. The Hall–Kier alpha value is -1.44. The minimum atomic E-state index is 0.262. The van der Waals surface area contributed by atoms with E-state index in [4.69, 9.17) is 12.8 Å². The zero-order chi connectivity index (χ0) is 8.27. The molecule has 0 amide bonds. The largest absolute Gasteiger partial charge is 0.209 e. The van der Waals surface area contributed by atoms with Gasteiger partial charge in [-0.25, -0.2) is 9.97 Å². The molecule has 0 radical (unpaired) electrons. The highest BCUT2D eigenvalue weighted by molar-refractivity contribution is 7.26. The SMILES string of the molecule is C#Cc1nc(P)nc(C#C)n1. The van der Waals surface area contributed by atoms with Crippen molar-refractivity contribution in [1.82, 2.24) is 15.0 Å². The van der Waals surface area contributed by atoms with Gasteiger partial charge in [0.2, 0.25) is 11.6 Å². The molecule has 3 nitrogen and oxygen atoms in total. The van der Waals surface area contributed by atoms with Gasteiger partial charge < -0.3 is 0 Å². The summed E-state index contributed by atoms with van der Waals surface area (Å²) in [4.78, 5) is 11.4. The second-order valence-corrected chi connectivity index (χ2v) is 2.15. The van der Waals surface area contributed by atoms with E-state index >= 15 is 0 Å². The molecule has 1 aromatic heterocycles. The van der Waals surface area contributed by atoms with Gasteiger partial charge in [0.1, 0.15) is 0 Å². The summed E-state index contributed by atoms with van der Waals surface area (Å²) in [5, 5.41) is 0. The third-order valence-electron chi connectivity index (χ3n) is 0.911. The highest BCUT2D eigenvalue weighted by Gasteiger charge is 1.96. The first-order chi connectivity index (χ1) is 5.26. The van der Waals surface area contributed by atoms with E-state index < -0.39 is 0 Å². The molecule has 0 bridgehead atoms. The van der Waals surface area contributed by atoms with Crippen molar-refractivity contribution in [2.24, 2.45) is 0 Å². The average Bonchev–Trinajstić information content (AvgIpc) is 2.03. The van der Waals surface area contributed by atoms with Gasteiger partial charge in [0.15, 0.2) is 5.57 Å². The average molecular weight is 161 g/mol. The molecule has 0 fully saturated rings. The molecule has 1 aromatic rings. The monoisotopic (exact) mass is 161 g/mol. The van der Waals surface area contributed by atoms with Crippen LogP contribution in [-0.4, -0.2) is 15.0 Å². The zero-order valence-corrected chi connectivity index (χ0v) is 6.73. The number of terminal acetylenes is 2. The Bertz CT molecular complexity index is 327. The maximum absolute atomic E-state index is 5.06. The third-order valence-corrected chi connectivity index (χ3v) is 1.17. The molecule has 0 saturated heterocycles. The lowest BCUT2D eigenvalue weighted by Gasteiger charge is -1.92. The van der Waals surface area contributed by atoms with Crippen LogP contribution in [0.15, 0.2) is 0 Å². The van der Waals surface area contributed by atoms with Crippen molar-refractivity contribution in [3.8, 4) is 24.7 Å². The molecule has 0 spiro atoms. The van der Waals surface area contributed by atoms with Crippen LogP contribution in [0.2, 0.25) is 0 Å². The molecule has 0 aliphatic heterocycles. The van der Waals surface area contributed by atoms with E-state index in [1.54, 1.807) is 0 Å². The van der Waals surface area contributed by atoms with Gasteiger partial charge in [0, 0.05) is 0 Å². The maximum atomic E-state index is 5.06. The topological polar surface area (TPSA) is 38.7 Å². The minimum absolute atomic E-state index is 0.262. The molecule has 0 aromatic carbocycles. The fraction of sp³-hybridized carbons (Fsp3) is 0. The van der Waals surface area contributed by atoms with Crippen LogP contribution < -0.4 is 5.57 Å². The molecule has 0 saturated carbocycles. The van der Waals surface area contributed by atoms with Gasteiger partial charge in [0.05, 0.1) is 0 Å². The molecule has 11 heavy (non-hydrogen) atoms. The van der Waals surface area contributed by atoms with E-state index in [2.05, 4.69) is 36.0 Å². The van der Waals surface area contributed by atoms with E-state index in [0.717, 1.165) is 0 Å². The van der Waals surface area contributed by atoms with Crippen LogP contribution in [0.25, 0.3) is 0 Å². The quantitative estimate of drug-likeness (QED) is 0.374. The van der Waals surface area contributed by atoms with Crippen molar-refractivity contribution in [2.45, 2.75) is 0 Å². The summed E-state index contributed by atoms with van der Waals surface area (Å²) >= 11 is 0. The van der Waals surface area contributed by atoms with Gasteiger partial charge in [-0.2, -0.15) is 4.98 Å². The van der Waals surface area contributed by atoms with E-state index in [9.17, 15) is 0 Å². The first-order valence-corrected chi connectivity index (χ1v) is 3.29. The Morgan fingerprint density at radius 2 is 1.45 bits per heavy atom. The van der Waals surface area contributed by atoms with Crippen molar-refractivity contribution in [3.05, 3.63) is 11.6 Å². The number of nitrogens with zero attached hydrogens (tertiary/aromatic N) is 3. The molecule has 52 valence electrons. The van der Waals surface area contributed by atoms with Crippen LogP contribution in [0, 0.1) is 24.7 Å². The molecule has 1 atom stereocenters. The predicted octanol–water partition coefficient (Wildman–Crippen LogP) is -0.665. The Balaban J connectivity index is 3.28. The Morgan fingerprint density at radius 1 is 1.00 bits per heavy atom. The fourth-order valence-corrected chi connectivity index (χ4v) is 0.766. The summed E-state index contributed by atoms with van der Waals surface area (Å²) in [6.45, 7) is 0. The fourth-order valence-electron chi connectivity index (χ4n) is 0.521. The Kier molecular flexibility index (Phi) is 2.16. The molecular weight excluding hydrogens is 157 g/mol. The van der Waals surface area contributed by atoms with Crippen LogP contribution in [0.1, 0.15) is 11.6 Å². The molecular formula is C7H4N3P. The van der Waals surface area contributed by atoms with Crippen molar-refractivity contribution >= 4 is 14.8 Å². The van der Waals surface area contributed by atoms with Gasteiger partial charge in [-0.1, -0.05) is 9.24 Å². The second kappa shape index (κ2) is 3.10. The van der Waals surface area contributed by atoms with Crippen molar-refractivity contribution < 1.29 is 0 Å². The molecule has 0 N–H and O–H groups in total. The van der Waals surface area contributed by atoms with Crippen molar-refractivity contribution in [1.29, 1.82) is 0 Å². The Labute approximate surface area is 66.9 Å². The minimum Gasteiger partial charge on any atom is -0.202 e. The Morgan fingerprint density at radius 3 is 1.82 bits per heavy atom. The van der Waals surface area contributed by atoms with Crippen molar-refractivity contribution in [2.75, 3.05) is 0 Å². The highest BCUT2D eigenvalue weighted by Crippen LogP contribution is 1.87. The number of hydrogen-bond acceptors (Lipinski definition) is 3. The smallest absolute Gasteiger partial charge is 0.202 e. The van der Waals surface area contributed by atoms with E-state index in [0.29, 0.717) is 5.57 Å². The summed E-state index contributed by atoms with van der Waals surface area (Å²) in [5.41, 5.74) is 0.459. The number of rotatable bonds is 0. The van der Waals surface area contributed by atoms with Gasteiger partial charge >= 0.3 is 0 Å². The lowest BCUT2D eigenvalue weighted by atomic mass is 10.6. The van der Waals surface area contributed by atoms with Gasteiger partial charge in [-0.05, 0) is 11.8 Å². The first kappa shape index (κ1) is 7.66. The predicted molar refractivity (Wildman–Crippen MR) is 45.0 cm³/mol. The molecule has 0 aliphatic rings. The summed E-state index contributed by atoms with van der Waals surface area (Å²) in [6, 6.07) is 0. The van der Waals surface area contributed by atoms with E-state index in [-0.39, 0.29) is 11.6 Å². The van der Waals surface area contributed by atoms with Gasteiger partial charge in [-0.3, -0.25) is 0 Å². The standard InChI is InChI=1S/C7H4N3P/c1-3-5-8-6(4-2)10-7(11)9-5/h1-2H,11H2. The number of aromatic nitrogens is 3. The molecule has 0 aliphatic carbocycles. The van der Waals surface area contributed by atoms with Crippen molar-refractivity contribution in [3.63, 3.8) is 0 Å². The third kappa shape index (κ3) is 1.74.